The lowest BCUT2D eigenvalue weighted by molar-refractivity contribution is 0.0914. The predicted octanol–water partition coefficient (Wildman–Crippen LogP) is 3.60. The Morgan fingerprint density at radius 2 is 1.94 bits per heavy atom. The second-order valence-electron chi connectivity index (χ2n) is 4.62. The summed E-state index contributed by atoms with van der Waals surface area (Å²) in [6, 6.07) is 12.4. The van der Waals surface area contributed by atoms with Crippen LogP contribution in [0.15, 0.2) is 36.4 Å². The lowest BCUT2D eigenvalue weighted by Gasteiger charge is -2.21. The maximum Gasteiger partial charge on any atom is 0.165 e. The van der Waals surface area contributed by atoms with Gasteiger partial charge in [0.1, 0.15) is 0 Å². The van der Waals surface area contributed by atoms with Crippen molar-refractivity contribution in [2.75, 3.05) is 0 Å². The number of rotatable bonds is 0. The van der Waals surface area contributed by atoms with Gasteiger partial charge in [-0.2, -0.15) is 0 Å². The zero-order chi connectivity index (χ0) is 11.1. The number of hydrogen-bond acceptors (Lipinski definition) is 1. The van der Waals surface area contributed by atoms with Gasteiger partial charge in [-0.1, -0.05) is 43.3 Å². The van der Waals surface area contributed by atoms with Crippen molar-refractivity contribution in [3.05, 3.63) is 47.5 Å². The van der Waals surface area contributed by atoms with Crippen molar-refractivity contribution in [1.29, 1.82) is 0 Å². The van der Waals surface area contributed by atoms with Crippen LogP contribution in [-0.2, 0) is 6.42 Å². The Morgan fingerprint density at radius 1 is 1.12 bits per heavy atom. The fourth-order valence-electron chi connectivity index (χ4n) is 2.59. The lowest BCUT2D eigenvalue weighted by Crippen LogP contribution is -2.20. The molecule has 0 fully saturated rings. The van der Waals surface area contributed by atoms with Gasteiger partial charge in [0.05, 0.1) is 0 Å². The number of benzene rings is 2. The summed E-state index contributed by atoms with van der Waals surface area (Å²) in [7, 11) is 0. The lowest BCUT2D eigenvalue weighted by atomic mass is 9.81. The molecular formula is C15H14O. The quantitative estimate of drug-likeness (QED) is 0.649. The van der Waals surface area contributed by atoms with Crippen molar-refractivity contribution in [3.63, 3.8) is 0 Å². The molecule has 16 heavy (non-hydrogen) atoms. The van der Waals surface area contributed by atoms with E-state index in [1.807, 2.05) is 25.1 Å². The third-order valence-electron chi connectivity index (χ3n) is 3.58. The van der Waals surface area contributed by atoms with Gasteiger partial charge in [-0.05, 0) is 29.2 Å². The minimum atomic E-state index is 0.189. The van der Waals surface area contributed by atoms with E-state index in [4.69, 9.17) is 0 Å². The molecular weight excluding hydrogens is 196 g/mol. The molecule has 3 rings (SSSR count). The summed E-state index contributed by atoms with van der Waals surface area (Å²) in [6.07, 6.45) is 2.02. The van der Waals surface area contributed by atoms with E-state index in [1.165, 1.54) is 16.3 Å². The summed E-state index contributed by atoms with van der Waals surface area (Å²) < 4.78 is 0. The topological polar surface area (TPSA) is 17.1 Å². The third-order valence-corrected chi connectivity index (χ3v) is 3.58. The molecule has 1 nitrogen and oxygen atoms in total. The average Bonchev–Trinajstić information content (AvgIpc) is 2.33. The second-order valence-corrected chi connectivity index (χ2v) is 4.62. The van der Waals surface area contributed by atoms with Gasteiger partial charge in [0.15, 0.2) is 5.78 Å². The Kier molecular flexibility index (Phi) is 2.06. The van der Waals surface area contributed by atoms with E-state index < -0.39 is 0 Å². The number of carbonyl (C=O) groups excluding carboxylic acids is 1. The van der Waals surface area contributed by atoms with Crippen LogP contribution in [-0.4, -0.2) is 5.78 Å². The van der Waals surface area contributed by atoms with E-state index in [0.29, 0.717) is 5.78 Å². The fraction of sp³-hybridized carbons (Fsp3) is 0.267. The van der Waals surface area contributed by atoms with Crippen LogP contribution in [0, 0.1) is 5.92 Å². The summed E-state index contributed by atoms with van der Waals surface area (Å²) in [6.45, 7) is 2.03. The Hall–Kier alpha value is -1.63. The molecule has 0 aromatic heterocycles. The fourth-order valence-corrected chi connectivity index (χ4v) is 2.59. The maximum absolute atomic E-state index is 12.1. The Morgan fingerprint density at radius 3 is 2.81 bits per heavy atom. The van der Waals surface area contributed by atoms with E-state index >= 15 is 0 Å². The van der Waals surface area contributed by atoms with Crippen molar-refractivity contribution >= 4 is 16.6 Å². The van der Waals surface area contributed by atoms with Crippen molar-refractivity contribution in [1.82, 2.24) is 0 Å². The maximum atomic E-state index is 12.1. The van der Waals surface area contributed by atoms with E-state index in [9.17, 15) is 4.79 Å². The highest BCUT2D eigenvalue weighted by Crippen LogP contribution is 2.31. The standard InChI is InChI=1S/C15H14O/c1-10-6-8-13-12-5-3-2-4-11(12)7-9-14(13)15(10)16/h2-5,7,9-10H,6,8H2,1H3/t10-/m1/s1. The summed E-state index contributed by atoms with van der Waals surface area (Å²) in [4.78, 5) is 12.1. The molecule has 0 amide bonds. The molecule has 0 aliphatic heterocycles. The molecule has 2 aromatic carbocycles. The molecule has 2 aromatic rings. The van der Waals surface area contributed by atoms with Crippen LogP contribution in [0.1, 0.15) is 29.3 Å². The molecule has 1 heteroatoms. The van der Waals surface area contributed by atoms with Gasteiger partial charge in [-0.15, -0.1) is 0 Å². The minimum Gasteiger partial charge on any atom is -0.294 e. The van der Waals surface area contributed by atoms with Crippen LogP contribution in [0.4, 0.5) is 0 Å². The second kappa shape index (κ2) is 3.44. The Labute approximate surface area is 95.1 Å². The number of ketones is 1. The van der Waals surface area contributed by atoms with Gasteiger partial charge in [-0.25, -0.2) is 0 Å². The average molecular weight is 210 g/mol. The third kappa shape index (κ3) is 1.28. The molecule has 1 atom stereocenters. The van der Waals surface area contributed by atoms with Gasteiger partial charge in [0.25, 0.3) is 0 Å². The number of hydrogen-bond donors (Lipinski definition) is 0. The van der Waals surface area contributed by atoms with Crippen LogP contribution in [0.3, 0.4) is 0 Å². The van der Waals surface area contributed by atoms with Crippen LogP contribution in [0.2, 0.25) is 0 Å². The van der Waals surface area contributed by atoms with Crippen LogP contribution >= 0.6 is 0 Å². The highest BCUT2D eigenvalue weighted by atomic mass is 16.1. The predicted molar refractivity (Wildman–Crippen MR) is 65.8 cm³/mol. The zero-order valence-electron chi connectivity index (χ0n) is 9.36. The van der Waals surface area contributed by atoms with E-state index in [1.54, 1.807) is 0 Å². The SMILES string of the molecule is C[C@@H]1CCc2c(ccc3ccccc23)C1=O. The Bertz CT molecular complexity index is 569. The monoisotopic (exact) mass is 210 g/mol. The zero-order valence-corrected chi connectivity index (χ0v) is 9.36. The first-order valence-electron chi connectivity index (χ1n) is 5.82. The van der Waals surface area contributed by atoms with E-state index in [0.717, 1.165) is 18.4 Å². The van der Waals surface area contributed by atoms with Crippen molar-refractivity contribution in [3.8, 4) is 0 Å². The summed E-state index contributed by atoms with van der Waals surface area (Å²) >= 11 is 0. The molecule has 0 spiro atoms. The first kappa shape index (κ1) is 9.59. The van der Waals surface area contributed by atoms with Crippen molar-refractivity contribution in [2.24, 2.45) is 5.92 Å². The molecule has 0 saturated carbocycles. The molecule has 0 bridgehead atoms. The normalized spacial score (nSPS) is 19.8. The minimum absolute atomic E-state index is 0.189. The molecule has 1 aliphatic rings. The highest BCUT2D eigenvalue weighted by Gasteiger charge is 2.24. The van der Waals surface area contributed by atoms with Gasteiger partial charge in [0.2, 0.25) is 0 Å². The molecule has 0 heterocycles. The molecule has 0 N–H and O–H groups in total. The van der Waals surface area contributed by atoms with E-state index in [-0.39, 0.29) is 5.92 Å². The van der Waals surface area contributed by atoms with Gasteiger partial charge >= 0.3 is 0 Å². The molecule has 0 saturated heterocycles. The summed E-state index contributed by atoms with van der Waals surface area (Å²) in [5.41, 5.74) is 2.19. The number of aryl methyl sites for hydroxylation is 1. The number of fused-ring (bicyclic) bond motifs is 3. The van der Waals surface area contributed by atoms with E-state index in [2.05, 4.69) is 18.2 Å². The van der Waals surface area contributed by atoms with Crippen LogP contribution < -0.4 is 0 Å². The van der Waals surface area contributed by atoms with Crippen molar-refractivity contribution in [2.45, 2.75) is 19.8 Å². The Balaban J connectivity index is 2.32. The van der Waals surface area contributed by atoms with Gasteiger partial charge in [0, 0.05) is 11.5 Å². The van der Waals surface area contributed by atoms with Crippen LogP contribution in [0.25, 0.3) is 10.8 Å². The molecule has 0 unspecified atom stereocenters. The molecule has 1 aliphatic carbocycles. The van der Waals surface area contributed by atoms with Crippen LogP contribution in [0.5, 0.6) is 0 Å². The van der Waals surface area contributed by atoms with Gasteiger partial charge < -0.3 is 0 Å². The van der Waals surface area contributed by atoms with Gasteiger partial charge in [-0.3, -0.25) is 4.79 Å². The number of Topliss-reactive ketones (excluding diaryl/α,β-unsaturated/α-hetero) is 1. The first-order chi connectivity index (χ1) is 7.77. The summed E-state index contributed by atoms with van der Waals surface area (Å²) in [5.74, 6) is 0.501. The number of carbonyl (C=O) groups is 1. The first-order valence-corrected chi connectivity index (χ1v) is 5.82. The van der Waals surface area contributed by atoms with Crippen molar-refractivity contribution < 1.29 is 4.79 Å². The molecule has 0 radical (unpaired) electrons. The smallest absolute Gasteiger partial charge is 0.165 e. The highest BCUT2D eigenvalue weighted by molar-refractivity contribution is 6.04. The summed E-state index contributed by atoms with van der Waals surface area (Å²) in [5, 5.41) is 2.49. The molecule has 80 valence electrons. The largest absolute Gasteiger partial charge is 0.294 e.